The summed E-state index contributed by atoms with van der Waals surface area (Å²) in [5.41, 5.74) is 1.90. The molecule has 0 heterocycles. The summed E-state index contributed by atoms with van der Waals surface area (Å²) in [6, 6.07) is 6.24. The van der Waals surface area contributed by atoms with Gasteiger partial charge in [-0.1, -0.05) is 42.8 Å². The van der Waals surface area contributed by atoms with Crippen LogP contribution in [0.5, 0.6) is 0 Å². The summed E-state index contributed by atoms with van der Waals surface area (Å²) in [5, 5.41) is 10.2. The summed E-state index contributed by atoms with van der Waals surface area (Å²) in [6.07, 6.45) is 1.79. The standard InChI is InChI=1S/C13H17BrO/c1-12(2,3)10-5-4-9(14)8-11(10)13(15)6-7-13/h4-5,8,15H,6-7H2,1-3H3. The molecule has 1 aliphatic carbocycles. The molecule has 0 amide bonds. The van der Waals surface area contributed by atoms with Crippen LogP contribution in [0.1, 0.15) is 44.7 Å². The van der Waals surface area contributed by atoms with Crippen molar-refractivity contribution in [2.24, 2.45) is 0 Å². The maximum atomic E-state index is 10.2. The molecule has 1 fully saturated rings. The summed E-state index contributed by atoms with van der Waals surface area (Å²) in [6.45, 7) is 6.56. The molecular formula is C13H17BrO. The van der Waals surface area contributed by atoms with Gasteiger partial charge in [-0.2, -0.15) is 0 Å². The lowest BCUT2D eigenvalue weighted by atomic mass is 9.82. The normalized spacial score (nSPS) is 19.0. The van der Waals surface area contributed by atoms with Crippen LogP contribution < -0.4 is 0 Å². The van der Waals surface area contributed by atoms with Crippen LogP contribution in [0.3, 0.4) is 0 Å². The fraction of sp³-hybridized carbons (Fsp3) is 0.538. The molecule has 0 bridgehead atoms. The minimum atomic E-state index is -0.549. The average Bonchev–Trinajstić information content (AvgIpc) is 2.83. The van der Waals surface area contributed by atoms with Gasteiger partial charge < -0.3 is 5.11 Å². The summed E-state index contributed by atoms with van der Waals surface area (Å²) in [5.74, 6) is 0. The van der Waals surface area contributed by atoms with Gasteiger partial charge in [0.2, 0.25) is 0 Å². The number of hydrogen-bond acceptors (Lipinski definition) is 1. The van der Waals surface area contributed by atoms with E-state index < -0.39 is 5.60 Å². The van der Waals surface area contributed by atoms with Gasteiger partial charge in [0.15, 0.2) is 0 Å². The van der Waals surface area contributed by atoms with Crippen LogP contribution in [0, 0.1) is 0 Å². The maximum Gasteiger partial charge on any atom is 0.0902 e. The van der Waals surface area contributed by atoms with E-state index in [1.807, 2.05) is 0 Å². The monoisotopic (exact) mass is 268 g/mol. The van der Waals surface area contributed by atoms with Crippen molar-refractivity contribution in [1.82, 2.24) is 0 Å². The van der Waals surface area contributed by atoms with Crippen LogP contribution in [0.15, 0.2) is 22.7 Å². The number of hydrogen-bond donors (Lipinski definition) is 1. The van der Waals surface area contributed by atoms with Crippen molar-refractivity contribution >= 4 is 15.9 Å². The van der Waals surface area contributed by atoms with Gasteiger partial charge in [-0.15, -0.1) is 0 Å². The molecule has 1 nitrogen and oxygen atoms in total. The van der Waals surface area contributed by atoms with Crippen molar-refractivity contribution < 1.29 is 5.11 Å². The lowest BCUT2D eigenvalue weighted by Crippen LogP contribution is -2.19. The van der Waals surface area contributed by atoms with E-state index in [2.05, 4.69) is 54.9 Å². The molecule has 1 aromatic rings. The van der Waals surface area contributed by atoms with Crippen LogP contribution in [-0.4, -0.2) is 5.11 Å². The minimum absolute atomic E-state index is 0.0916. The first-order chi connectivity index (χ1) is 6.83. The zero-order valence-electron chi connectivity index (χ0n) is 9.47. The predicted molar refractivity (Wildman–Crippen MR) is 66.0 cm³/mol. The van der Waals surface area contributed by atoms with E-state index in [0.717, 1.165) is 22.9 Å². The number of benzene rings is 1. The molecule has 82 valence electrons. The molecule has 0 saturated heterocycles. The van der Waals surface area contributed by atoms with E-state index in [1.165, 1.54) is 5.56 Å². The first-order valence-corrected chi connectivity index (χ1v) is 6.15. The zero-order valence-corrected chi connectivity index (χ0v) is 11.1. The van der Waals surface area contributed by atoms with Crippen LogP contribution in [0.25, 0.3) is 0 Å². The molecule has 1 saturated carbocycles. The highest BCUT2D eigenvalue weighted by molar-refractivity contribution is 9.10. The Labute approximate surface area is 99.6 Å². The molecule has 15 heavy (non-hydrogen) atoms. The quantitative estimate of drug-likeness (QED) is 0.823. The van der Waals surface area contributed by atoms with E-state index in [9.17, 15) is 5.11 Å². The van der Waals surface area contributed by atoms with E-state index >= 15 is 0 Å². The average molecular weight is 269 g/mol. The molecule has 0 atom stereocenters. The highest BCUT2D eigenvalue weighted by atomic mass is 79.9. The first-order valence-electron chi connectivity index (χ1n) is 5.36. The molecule has 2 heteroatoms. The highest BCUT2D eigenvalue weighted by Gasteiger charge is 2.44. The third kappa shape index (κ3) is 2.11. The lowest BCUT2D eigenvalue weighted by molar-refractivity contribution is 0.149. The van der Waals surface area contributed by atoms with Gasteiger partial charge in [0, 0.05) is 4.47 Å². The van der Waals surface area contributed by atoms with Gasteiger partial charge in [0.25, 0.3) is 0 Å². The highest BCUT2D eigenvalue weighted by Crippen LogP contribution is 2.49. The number of rotatable bonds is 1. The maximum absolute atomic E-state index is 10.2. The second-order valence-corrected chi connectivity index (χ2v) is 6.39. The fourth-order valence-electron chi connectivity index (χ4n) is 1.94. The molecule has 1 aromatic carbocycles. The summed E-state index contributed by atoms with van der Waals surface area (Å²) < 4.78 is 1.05. The zero-order chi connectivity index (χ0) is 11.3. The largest absolute Gasteiger partial charge is 0.385 e. The van der Waals surface area contributed by atoms with Crippen molar-refractivity contribution in [3.63, 3.8) is 0 Å². The Morgan fingerprint density at radius 2 is 1.87 bits per heavy atom. The van der Waals surface area contributed by atoms with E-state index in [0.29, 0.717) is 0 Å². The molecule has 0 aromatic heterocycles. The SMILES string of the molecule is CC(C)(C)c1ccc(Br)cc1C1(O)CC1. The molecule has 1 aliphatic rings. The molecule has 0 radical (unpaired) electrons. The van der Waals surface area contributed by atoms with Crippen molar-refractivity contribution in [3.05, 3.63) is 33.8 Å². The lowest BCUT2D eigenvalue weighted by Gasteiger charge is -2.25. The second kappa shape index (κ2) is 3.33. The fourth-order valence-corrected chi connectivity index (χ4v) is 2.30. The van der Waals surface area contributed by atoms with Gasteiger partial charge in [0.05, 0.1) is 5.60 Å². The van der Waals surface area contributed by atoms with E-state index in [4.69, 9.17) is 0 Å². The van der Waals surface area contributed by atoms with Crippen LogP contribution in [0.2, 0.25) is 0 Å². The Hall–Kier alpha value is -0.340. The Morgan fingerprint density at radius 1 is 1.27 bits per heavy atom. The Morgan fingerprint density at radius 3 is 2.33 bits per heavy atom. The van der Waals surface area contributed by atoms with Gasteiger partial charge in [-0.3, -0.25) is 0 Å². The Balaban J connectivity index is 2.55. The number of aliphatic hydroxyl groups is 1. The smallest absolute Gasteiger partial charge is 0.0902 e. The summed E-state index contributed by atoms with van der Waals surface area (Å²) in [4.78, 5) is 0. The first kappa shape index (κ1) is 11.2. The predicted octanol–water partition coefficient (Wildman–Crippen LogP) is 3.73. The van der Waals surface area contributed by atoms with Crippen molar-refractivity contribution in [3.8, 4) is 0 Å². The van der Waals surface area contributed by atoms with Crippen LogP contribution >= 0.6 is 15.9 Å². The third-order valence-corrected chi connectivity index (χ3v) is 3.51. The van der Waals surface area contributed by atoms with E-state index in [-0.39, 0.29) is 5.41 Å². The molecule has 0 aliphatic heterocycles. The van der Waals surface area contributed by atoms with Crippen molar-refractivity contribution in [2.75, 3.05) is 0 Å². The molecule has 0 unspecified atom stereocenters. The summed E-state index contributed by atoms with van der Waals surface area (Å²) in [7, 11) is 0. The van der Waals surface area contributed by atoms with Gasteiger partial charge in [-0.25, -0.2) is 0 Å². The molecular weight excluding hydrogens is 252 g/mol. The minimum Gasteiger partial charge on any atom is -0.385 e. The van der Waals surface area contributed by atoms with Crippen molar-refractivity contribution in [2.45, 2.75) is 44.6 Å². The molecule has 0 spiro atoms. The molecule has 2 rings (SSSR count). The Bertz CT molecular complexity index is 386. The second-order valence-electron chi connectivity index (χ2n) is 5.47. The summed E-state index contributed by atoms with van der Waals surface area (Å²) >= 11 is 3.47. The Kier molecular flexibility index (Phi) is 2.47. The van der Waals surface area contributed by atoms with Crippen molar-refractivity contribution in [1.29, 1.82) is 0 Å². The van der Waals surface area contributed by atoms with E-state index in [1.54, 1.807) is 0 Å². The topological polar surface area (TPSA) is 20.2 Å². The van der Waals surface area contributed by atoms with Crippen LogP contribution in [0.4, 0.5) is 0 Å². The third-order valence-electron chi connectivity index (χ3n) is 3.01. The molecule has 1 N–H and O–H groups in total. The van der Waals surface area contributed by atoms with Gasteiger partial charge >= 0.3 is 0 Å². The van der Waals surface area contributed by atoms with Gasteiger partial charge in [-0.05, 0) is 41.5 Å². The van der Waals surface area contributed by atoms with Gasteiger partial charge in [0.1, 0.15) is 0 Å². The number of halogens is 1. The van der Waals surface area contributed by atoms with Crippen LogP contribution in [-0.2, 0) is 11.0 Å².